The molecule has 0 radical (unpaired) electrons. The molecule has 2 aromatic rings. The van der Waals surface area contributed by atoms with Gasteiger partial charge in [-0.1, -0.05) is 18.7 Å². The summed E-state index contributed by atoms with van der Waals surface area (Å²) < 4.78 is 6.32. The number of nitrogens with zero attached hydrogens (tertiary/aromatic N) is 2. The van der Waals surface area contributed by atoms with Gasteiger partial charge in [-0.25, -0.2) is 0 Å². The highest BCUT2D eigenvalue weighted by atomic mass is 16.6. The van der Waals surface area contributed by atoms with E-state index in [4.69, 9.17) is 4.74 Å². The lowest BCUT2D eigenvalue weighted by Gasteiger charge is -2.25. The second-order valence-corrected chi connectivity index (χ2v) is 7.93. The second kappa shape index (κ2) is 8.18. The molecular weight excluding hydrogens is 380 g/mol. The minimum atomic E-state index is -0.487. The molecule has 0 saturated carbocycles. The summed E-state index contributed by atoms with van der Waals surface area (Å²) in [6, 6.07) is 7.90. The van der Waals surface area contributed by atoms with Crippen LogP contribution in [-0.4, -0.2) is 23.3 Å². The molecule has 2 N–H and O–H groups in total. The summed E-state index contributed by atoms with van der Waals surface area (Å²) in [7, 11) is 0. The SMILES string of the molecule is C=C(N/N=C\C)c1ccc(NCC2(C)Cc3c(C)c([N+](=O)[O-])c(C)c(C)c3O2)cc1. The van der Waals surface area contributed by atoms with Crippen molar-refractivity contribution in [2.75, 3.05) is 11.9 Å². The topological polar surface area (TPSA) is 88.8 Å². The van der Waals surface area contributed by atoms with Gasteiger partial charge in [0.1, 0.15) is 11.4 Å². The molecule has 0 saturated heterocycles. The Kier molecular flexibility index (Phi) is 5.82. The van der Waals surface area contributed by atoms with E-state index in [1.165, 1.54) is 0 Å². The van der Waals surface area contributed by atoms with Crippen molar-refractivity contribution in [2.45, 2.75) is 46.6 Å². The molecule has 0 fully saturated rings. The number of nitro groups is 1. The zero-order valence-electron chi connectivity index (χ0n) is 18.1. The van der Waals surface area contributed by atoms with Crippen LogP contribution < -0.4 is 15.5 Å². The molecule has 1 aliphatic rings. The van der Waals surface area contributed by atoms with E-state index < -0.39 is 5.60 Å². The average molecular weight is 409 g/mol. The summed E-state index contributed by atoms with van der Waals surface area (Å²) in [5, 5.41) is 18.9. The third-order valence-electron chi connectivity index (χ3n) is 5.65. The normalized spacial score (nSPS) is 17.5. The summed E-state index contributed by atoms with van der Waals surface area (Å²) in [4.78, 5) is 11.2. The van der Waals surface area contributed by atoms with Gasteiger partial charge in [0.15, 0.2) is 0 Å². The predicted molar refractivity (Wildman–Crippen MR) is 121 cm³/mol. The van der Waals surface area contributed by atoms with Gasteiger partial charge >= 0.3 is 0 Å². The lowest BCUT2D eigenvalue weighted by molar-refractivity contribution is -0.386. The molecule has 0 spiro atoms. The number of hydrogen-bond acceptors (Lipinski definition) is 6. The Morgan fingerprint density at radius 1 is 1.27 bits per heavy atom. The second-order valence-electron chi connectivity index (χ2n) is 7.93. The van der Waals surface area contributed by atoms with Crippen molar-refractivity contribution in [2.24, 2.45) is 5.10 Å². The molecule has 0 bridgehead atoms. The number of hydrogen-bond donors (Lipinski definition) is 2. The largest absolute Gasteiger partial charge is 0.485 e. The molecule has 158 valence electrons. The van der Waals surface area contributed by atoms with E-state index in [0.29, 0.717) is 24.1 Å². The molecule has 1 unspecified atom stereocenters. The highest BCUT2D eigenvalue weighted by molar-refractivity contribution is 5.66. The number of rotatable bonds is 7. The Balaban J connectivity index is 1.74. The number of ether oxygens (including phenoxy) is 1. The molecule has 1 aliphatic heterocycles. The van der Waals surface area contributed by atoms with Gasteiger partial charge in [-0.05, 0) is 52.3 Å². The van der Waals surface area contributed by atoms with Crippen LogP contribution in [0.25, 0.3) is 5.70 Å². The first-order valence-corrected chi connectivity index (χ1v) is 9.90. The van der Waals surface area contributed by atoms with Gasteiger partial charge in [0, 0.05) is 40.6 Å². The first-order chi connectivity index (χ1) is 14.2. The summed E-state index contributed by atoms with van der Waals surface area (Å²) in [6.07, 6.45) is 2.29. The molecule has 0 aromatic heterocycles. The van der Waals surface area contributed by atoms with E-state index in [9.17, 15) is 10.1 Å². The summed E-state index contributed by atoms with van der Waals surface area (Å²) in [5.41, 5.74) is 8.38. The van der Waals surface area contributed by atoms with Crippen LogP contribution in [0, 0.1) is 30.9 Å². The molecule has 7 nitrogen and oxygen atoms in total. The maximum Gasteiger partial charge on any atom is 0.275 e. The molecule has 30 heavy (non-hydrogen) atoms. The van der Waals surface area contributed by atoms with Gasteiger partial charge in [-0.3, -0.25) is 15.5 Å². The highest BCUT2D eigenvalue weighted by Crippen LogP contribution is 2.45. The Morgan fingerprint density at radius 2 is 1.93 bits per heavy atom. The van der Waals surface area contributed by atoms with Crippen LogP contribution in [0.3, 0.4) is 0 Å². The van der Waals surface area contributed by atoms with Gasteiger partial charge in [-0.15, -0.1) is 0 Å². The molecule has 7 heteroatoms. The Morgan fingerprint density at radius 3 is 2.53 bits per heavy atom. The number of benzene rings is 2. The summed E-state index contributed by atoms with van der Waals surface area (Å²) in [6.45, 7) is 13.9. The Hall–Kier alpha value is -3.35. The summed E-state index contributed by atoms with van der Waals surface area (Å²) in [5.74, 6) is 0.786. The van der Waals surface area contributed by atoms with Gasteiger partial charge < -0.3 is 10.1 Å². The molecule has 0 aliphatic carbocycles. The monoisotopic (exact) mass is 408 g/mol. The van der Waals surface area contributed by atoms with Crippen LogP contribution in [0.1, 0.15) is 41.7 Å². The zero-order chi connectivity index (χ0) is 22.1. The van der Waals surface area contributed by atoms with E-state index >= 15 is 0 Å². The zero-order valence-corrected chi connectivity index (χ0v) is 18.1. The lowest BCUT2D eigenvalue weighted by atomic mass is 9.92. The fourth-order valence-electron chi connectivity index (χ4n) is 3.83. The predicted octanol–water partition coefficient (Wildman–Crippen LogP) is 4.89. The van der Waals surface area contributed by atoms with Gasteiger partial charge in [0.25, 0.3) is 5.69 Å². The molecule has 3 rings (SSSR count). The molecule has 1 heterocycles. The minimum Gasteiger partial charge on any atom is -0.485 e. The number of anilines is 1. The maximum atomic E-state index is 11.5. The number of hydrazone groups is 1. The van der Waals surface area contributed by atoms with E-state index in [0.717, 1.165) is 33.8 Å². The molecule has 2 aromatic carbocycles. The van der Waals surface area contributed by atoms with E-state index in [-0.39, 0.29) is 10.6 Å². The van der Waals surface area contributed by atoms with Crippen molar-refractivity contribution in [3.63, 3.8) is 0 Å². The van der Waals surface area contributed by atoms with Crippen molar-refractivity contribution in [1.82, 2.24) is 5.43 Å². The van der Waals surface area contributed by atoms with Crippen LogP contribution in [0.4, 0.5) is 11.4 Å². The van der Waals surface area contributed by atoms with E-state index in [2.05, 4.69) is 22.4 Å². The number of fused-ring (bicyclic) bond motifs is 1. The molecule has 0 amide bonds. The van der Waals surface area contributed by atoms with Crippen LogP contribution in [-0.2, 0) is 6.42 Å². The first-order valence-electron chi connectivity index (χ1n) is 9.90. The van der Waals surface area contributed by atoms with Crippen molar-refractivity contribution in [3.8, 4) is 5.75 Å². The third kappa shape index (κ3) is 4.01. The third-order valence-corrected chi connectivity index (χ3v) is 5.65. The van der Waals surface area contributed by atoms with E-state index in [1.54, 1.807) is 13.1 Å². The van der Waals surface area contributed by atoms with Crippen LogP contribution >= 0.6 is 0 Å². The highest BCUT2D eigenvalue weighted by Gasteiger charge is 2.39. The van der Waals surface area contributed by atoms with Crippen LogP contribution in [0.5, 0.6) is 5.75 Å². The van der Waals surface area contributed by atoms with Crippen molar-refractivity contribution in [1.29, 1.82) is 0 Å². The van der Waals surface area contributed by atoms with Gasteiger partial charge in [0.05, 0.1) is 17.2 Å². The van der Waals surface area contributed by atoms with E-state index in [1.807, 2.05) is 52.0 Å². The lowest BCUT2D eigenvalue weighted by Crippen LogP contribution is -2.38. The number of nitro benzene ring substituents is 1. The molecular formula is C23H28N4O3. The van der Waals surface area contributed by atoms with Crippen molar-refractivity contribution in [3.05, 3.63) is 68.8 Å². The first kappa shape index (κ1) is 21.4. The minimum absolute atomic E-state index is 0.198. The molecule has 1 atom stereocenters. The summed E-state index contributed by atoms with van der Waals surface area (Å²) >= 11 is 0. The fourth-order valence-corrected chi connectivity index (χ4v) is 3.83. The fraction of sp³-hybridized carbons (Fsp3) is 0.348. The Bertz CT molecular complexity index is 1030. The average Bonchev–Trinajstić information content (AvgIpc) is 3.08. The van der Waals surface area contributed by atoms with Crippen LogP contribution in [0.15, 0.2) is 35.9 Å². The van der Waals surface area contributed by atoms with Crippen molar-refractivity contribution < 1.29 is 9.66 Å². The Labute approximate surface area is 177 Å². The standard InChI is InChI=1S/C23H28N4O3/c1-7-25-26-17(5)18-8-10-19(11-9-18)24-13-23(6)12-20-16(4)21(27(28)29)14(2)15(3)22(20)30-23/h7-11,24,26H,5,12-13H2,1-4,6H3/b25-7-. The smallest absolute Gasteiger partial charge is 0.275 e. The maximum absolute atomic E-state index is 11.5. The van der Waals surface area contributed by atoms with Gasteiger partial charge in [-0.2, -0.15) is 5.10 Å². The van der Waals surface area contributed by atoms with Crippen LogP contribution in [0.2, 0.25) is 0 Å². The van der Waals surface area contributed by atoms with Crippen molar-refractivity contribution >= 4 is 23.3 Å². The van der Waals surface area contributed by atoms with Gasteiger partial charge in [0.2, 0.25) is 0 Å². The quantitative estimate of drug-likeness (QED) is 0.387. The number of nitrogens with one attached hydrogen (secondary N) is 2.